The number of Topliss-reactive ketones (excluding diaryl/α,β-unsaturated/α-hetero) is 1. The van der Waals surface area contributed by atoms with Gasteiger partial charge in [0.1, 0.15) is 41.1 Å². The Morgan fingerprint density at radius 2 is 0.642 bits per heavy atom. The Morgan fingerprint density at radius 3 is 0.758 bits per heavy atom. The summed E-state index contributed by atoms with van der Waals surface area (Å²) in [6, 6.07) is 1.42. The lowest BCUT2D eigenvalue weighted by atomic mass is 10.2. The van der Waals surface area contributed by atoms with E-state index in [9.17, 15) is 117 Å². The molecule has 0 saturated carbocycles. The van der Waals surface area contributed by atoms with Gasteiger partial charge in [-0.05, 0) is 83.1 Å². The van der Waals surface area contributed by atoms with Gasteiger partial charge in [0.05, 0.1) is 37.4 Å². The van der Waals surface area contributed by atoms with Gasteiger partial charge in [-0.1, -0.05) is 59.2 Å². The molecule has 0 aliphatic carbocycles. The van der Waals surface area contributed by atoms with Crippen molar-refractivity contribution in [3.05, 3.63) is 102 Å². The molecule has 0 rings (SSSR count). The summed E-state index contributed by atoms with van der Waals surface area (Å²) in [6.45, 7) is 46.6. The highest BCUT2D eigenvalue weighted by Gasteiger charge is 2.36. The zero-order valence-electron chi connectivity index (χ0n) is 57.1. The van der Waals surface area contributed by atoms with Crippen LogP contribution in [0.5, 0.6) is 0 Å². The highest BCUT2D eigenvalue weighted by molar-refractivity contribution is 8.13. The number of hydrogen-bond donors (Lipinski definition) is 0. The summed E-state index contributed by atoms with van der Waals surface area (Å²) >= 11 is 0. The third kappa shape index (κ3) is 49.3. The molecule has 95 heavy (non-hydrogen) atoms. The summed E-state index contributed by atoms with van der Waals surface area (Å²) in [5.74, 6) is -4.10. The van der Waals surface area contributed by atoms with Crippen LogP contribution in [0.1, 0.15) is 83.1 Å². The van der Waals surface area contributed by atoms with Crippen LogP contribution in [0, 0.1) is 11.3 Å². The number of ketones is 1. The highest BCUT2D eigenvalue weighted by atomic mass is 32.3. The van der Waals surface area contributed by atoms with Crippen LogP contribution in [0.3, 0.4) is 0 Å². The molecule has 0 N–H and O–H groups in total. The van der Waals surface area contributed by atoms with Crippen LogP contribution in [0.4, 0.5) is 0 Å². The fourth-order valence-electron chi connectivity index (χ4n) is 3.13. The van der Waals surface area contributed by atoms with Gasteiger partial charge in [0, 0.05) is 55.0 Å². The first-order valence-electron chi connectivity index (χ1n) is 24.4. The number of methoxy groups -OCH3 is 2. The molecule has 44 heteroatoms. The Morgan fingerprint density at radius 1 is 0.379 bits per heavy atom. The largest absolute Gasteiger partial charge is 0.465 e. The number of sulfone groups is 10. The second-order valence-corrected chi connectivity index (χ2v) is 45.1. The summed E-state index contributed by atoms with van der Waals surface area (Å²) < 4.78 is 254. The molecule has 0 fully saturated rings. The fourth-order valence-corrected chi connectivity index (χ4v) is 11.1. The number of allylic oxidation sites excluding steroid dienone is 3. The van der Waals surface area contributed by atoms with Crippen molar-refractivity contribution in [3.8, 4) is 6.07 Å². The van der Waals surface area contributed by atoms with Crippen molar-refractivity contribution < 1.29 is 140 Å². The Kier molecular flexibility index (Phi) is 47.0. The number of esters is 4. The number of hydrogen-bond acceptors (Lipinski definition) is 33. The van der Waals surface area contributed by atoms with E-state index in [1.54, 1.807) is 48.5 Å². The third-order valence-corrected chi connectivity index (χ3v) is 26.0. The molecular weight excluding hydrogens is 1490 g/mol. The van der Waals surface area contributed by atoms with Gasteiger partial charge in [0.25, 0.3) is 0 Å². The minimum atomic E-state index is -4.14. The van der Waals surface area contributed by atoms with Crippen LogP contribution in [0.15, 0.2) is 102 Å². The van der Waals surface area contributed by atoms with E-state index in [-0.39, 0.29) is 16.4 Å². The van der Waals surface area contributed by atoms with Crippen molar-refractivity contribution in [2.24, 2.45) is 0 Å². The Labute approximate surface area is 563 Å². The molecule has 0 aromatic rings. The molecule has 0 saturated heterocycles. The first-order valence-corrected chi connectivity index (χ1v) is 43.9. The quantitative estimate of drug-likeness (QED) is 0.0625. The Hall–Kier alpha value is -5.89. The number of nitrogens with zero attached hydrogens (tertiary/aromatic N) is 1. The summed E-state index contributed by atoms with van der Waals surface area (Å²) in [6.07, 6.45) is 6.96. The average Bonchev–Trinajstić information content (AvgIpc) is 0.824. The van der Waals surface area contributed by atoms with Crippen LogP contribution >= 0.6 is 0 Å². The van der Waals surface area contributed by atoms with Crippen molar-refractivity contribution in [1.82, 2.24) is 0 Å². The number of ether oxygens (including phenoxy) is 4. The maximum atomic E-state index is 11.6. The van der Waals surface area contributed by atoms with Crippen LogP contribution in [-0.2, 0) is 156 Å². The molecular formula is C51H89NO32S11. The van der Waals surface area contributed by atoms with Crippen LogP contribution in [0.2, 0.25) is 0 Å². The van der Waals surface area contributed by atoms with Crippen LogP contribution < -0.4 is 0 Å². The summed E-state index contributed by atoms with van der Waals surface area (Å²) in [5.41, 5.74) is -0.704. The minimum Gasteiger partial charge on any atom is -0.465 e. The second-order valence-electron chi connectivity index (χ2n) is 20.9. The molecule has 0 atom stereocenters. The van der Waals surface area contributed by atoms with E-state index in [4.69, 9.17) is 10.00 Å². The van der Waals surface area contributed by atoms with Gasteiger partial charge in [-0.2, -0.15) is 13.7 Å². The molecule has 0 amide bonds. The zero-order chi connectivity index (χ0) is 80.0. The maximum absolute atomic E-state index is 11.6. The first-order chi connectivity index (χ1) is 40.9. The molecule has 0 bridgehead atoms. The van der Waals surface area contributed by atoms with Crippen molar-refractivity contribution in [3.63, 3.8) is 0 Å². The number of carbonyl (C=O) groups is 5. The van der Waals surface area contributed by atoms with E-state index in [0.717, 1.165) is 71.4 Å². The SMILES string of the molecule is C=C(C#N)S(C)(=O)=O.C=C(C(=O)OC(C)(C)C)S(C)(=O)=O.C=C(C(=O)OC)S(=O)(=O)C(C)(C)C.C=C(C(=O)OC)S(C)(=O)=O.C=C(C(=O)OCC)S(C)(=O)=O.C=C(C(C)=O)S(C)(=O)=O.C=C(C)S(=O)(=O)C(C)(C)C.C=C(S(C)(=O)=O)S(=O)(=O)OC.C=C(S(C)(=O)=O)S(C)(=O)=O. The van der Waals surface area contributed by atoms with E-state index in [0.29, 0.717) is 0 Å². The van der Waals surface area contributed by atoms with E-state index in [1.165, 1.54) is 40.7 Å². The summed E-state index contributed by atoms with van der Waals surface area (Å²) in [5, 5.41) is 7.94. The predicted octanol–water partition coefficient (Wildman–Crippen LogP) is 2.56. The van der Waals surface area contributed by atoms with E-state index < -0.39 is 186 Å². The molecule has 0 heterocycles. The smallest absolute Gasteiger partial charge is 0.349 e. The highest BCUT2D eigenvalue weighted by Crippen LogP contribution is 2.23. The topological polar surface area (TPSA) is 531 Å². The lowest BCUT2D eigenvalue weighted by Gasteiger charge is -2.19. The Balaban J connectivity index is -0.000000126. The average molecular weight is 1580 g/mol. The molecule has 556 valence electrons. The minimum absolute atomic E-state index is 0.146. The summed E-state index contributed by atoms with van der Waals surface area (Å²) in [4.78, 5) is 51.0. The van der Waals surface area contributed by atoms with Gasteiger partial charge in [0.2, 0.25) is 0 Å². The predicted molar refractivity (Wildman–Crippen MR) is 363 cm³/mol. The van der Waals surface area contributed by atoms with Crippen molar-refractivity contribution in [2.45, 2.75) is 98.2 Å². The molecule has 0 spiro atoms. The van der Waals surface area contributed by atoms with Crippen molar-refractivity contribution in [2.75, 3.05) is 78.0 Å². The maximum Gasteiger partial charge on any atom is 0.349 e. The van der Waals surface area contributed by atoms with Crippen LogP contribution in [0.25, 0.3) is 0 Å². The molecule has 0 aromatic heterocycles. The van der Waals surface area contributed by atoms with Gasteiger partial charge in [-0.3, -0.25) is 8.98 Å². The monoisotopic (exact) mass is 1580 g/mol. The number of rotatable bonds is 18. The fraction of sp³-hybridized carbons (Fsp3) is 0.529. The normalized spacial score (nSPS) is 11.9. The Bertz CT molecular complexity index is 4260. The lowest BCUT2D eigenvalue weighted by Crippen LogP contribution is -2.31. The van der Waals surface area contributed by atoms with E-state index in [1.807, 2.05) is 0 Å². The second kappa shape index (κ2) is 41.4. The van der Waals surface area contributed by atoms with E-state index >= 15 is 0 Å². The van der Waals surface area contributed by atoms with Gasteiger partial charge >= 0.3 is 34.0 Å². The van der Waals surface area contributed by atoms with Gasteiger partial charge < -0.3 is 18.9 Å². The van der Waals surface area contributed by atoms with E-state index in [2.05, 4.69) is 77.6 Å². The number of nitriles is 1. The molecule has 0 aliphatic heterocycles. The standard InChI is InChI=1S/2C8H14O4S.C7H14O2S.C6H10O4S.C5H8O4S.C5H8O3S.C4H5NO2S.C4H8O5S2.C4H8O4S2/c1-6(13(5,10)11)7(9)12-8(2,3)4;1-6(7(9)12-5)13(10,11)8(2,3)4;1-6(2)10(8,9)7(3,4)5;1-4-10-6(7)5(2)11(3,8)9;1-4(5(6)9-2)10(3,7)8;1-4(6)5(2)9(3,7)8;1-4(3-5)8(2,6)7;1-4(10(3,5)6)11(7,8)9-2;1-4(9(2,5)6)10(3,7)8/h2*1H2,2-5H3;1H2,2-5H3;2,4H2,1,3H3;1H2,2-3H3;2H2,1,3H3;1H2,2H3;1H2,2-3H3;1H2,2-3H3. The molecule has 33 nitrogen and oxygen atoms in total. The van der Waals surface area contributed by atoms with Gasteiger partial charge in [0.15, 0.2) is 113 Å². The molecule has 0 radical (unpaired) electrons. The molecule has 0 unspecified atom stereocenters. The zero-order valence-corrected chi connectivity index (χ0v) is 66.1. The van der Waals surface area contributed by atoms with Crippen molar-refractivity contribution >= 4 is 138 Å². The van der Waals surface area contributed by atoms with Crippen molar-refractivity contribution in [1.29, 1.82) is 5.26 Å². The summed E-state index contributed by atoms with van der Waals surface area (Å²) in [7, 11) is -36.1. The number of carbonyl (C=O) groups excluding carboxylic acids is 5. The third-order valence-electron chi connectivity index (χ3n) is 8.85. The lowest BCUT2D eigenvalue weighted by molar-refractivity contribution is -0.149. The molecule has 0 aliphatic rings. The molecule has 0 aromatic carbocycles. The van der Waals surface area contributed by atoms with Crippen LogP contribution in [-0.4, -0.2) is 215 Å². The van der Waals surface area contributed by atoms with Gasteiger partial charge in [-0.25, -0.2) is 103 Å². The first kappa shape index (κ1) is 108. The van der Waals surface area contributed by atoms with Gasteiger partial charge in [-0.15, -0.1) is 0 Å².